The van der Waals surface area contributed by atoms with Gasteiger partial charge in [-0.3, -0.25) is 4.99 Å². The first-order chi connectivity index (χ1) is 9.01. The molecular weight excluding hydrogens is 259 g/mol. The molecule has 1 fully saturated rings. The van der Waals surface area contributed by atoms with Gasteiger partial charge in [0, 0.05) is 33.4 Å². The molecule has 0 aromatic rings. The van der Waals surface area contributed by atoms with Crippen LogP contribution in [0, 0.1) is 5.92 Å². The van der Waals surface area contributed by atoms with Crippen molar-refractivity contribution >= 4 is 5.96 Å². The van der Waals surface area contributed by atoms with Crippen molar-refractivity contribution in [2.45, 2.75) is 31.9 Å². The van der Waals surface area contributed by atoms with Crippen LogP contribution in [0.2, 0.25) is 0 Å². The first-order valence-corrected chi connectivity index (χ1v) is 6.60. The topological polar surface area (TPSA) is 45.7 Å². The van der Waals surface area contributed by atoms with E-state index in [1.807, 2.05) is 0 Å². The molecule has 0 spiro atoms. The summed E-state index contributed by atoms with van der Waals surface area (Å²) in [6.45, 7) is 1.97. The van der Waals surface area contributed by atoms with Crippen LogP contribution in [-0.4, -0.2) is 45.5 Å². The number of hydrogen-bond acceptors (Lipinski definition) is 2. The minimum Gasteiger partial charge on any atom is -0.381 e. The Labute approximate surface area is 111 Å². The fourth-order valence-electron chi connectivity index (χ4n) is 1.46. The maximum atomic E-state index is 12.0. The van der Waals surface area contributed by atoms with Crippen LogP contribution in [-0.2, 0) is 4.74 Å². The monoisotopic (exact) mass is 281 g/mol. The number of guanidine groups is 1. The van der Waals surface area contributed by atoms with Gasteiger partial charge >= 0.3 is 6.18 Å². The number of alkyl halides is 3. The maximum absolute atomic E-state index is 12.0. The fraction of sp³-hybridized carbons (Fsp3) is 0.917. The van der Waals surface area contributed by atoms with E-state index in [2.05, 4.69) is 15.6 Å². The number of rotatable bonds is 8. The Morgan fingerprint density at radius 3 is 2.53 bits per heavy atom. The summed E-state index contributed by atoms with van der Waals surface area (Å²) >= 11 is 0. The van der Waals surface area contributed by atoms with Gasteiger partial charge in [-0.2, -0.15) is 13.2 Å². The van der Waals surface area contributed by atoms with Gasteiger partial charge in [0.15, 0.2) is 5.96 Å². The highest BCUT2D eigenvalue weighted by atomic mass is 19.4. The van der Waals surface area contributed by atoms with Crippen LogP contribution >= 0.6 is 0 Å². The molecule has 2 N–H and O–H groups in total. The van der Waals surface area contributed by atoms with E-state index in [9.17, 15) is 13.2 Å². The predicted molar refractivity (Wildman–Crippen MR) is 68.2 cm³/mol. The van der Waals surface area contributed by atoms with Crippen molar-refractivity contribution in [3.05, 3.63) is 0 Å². The molecule has 1 saturated carbocycles. The third kappa shape index (κ3) is 9.58. The average Bonchev–Trinajstić information content (AvgIpc) is 3.13. The Bertz CT molecular complexity index is 278. The molecule has 0 amide bonds. The van der Waals surface area contributed by atoms with Gasteiger partial charge in [-0.25, -0.2) is 0 Å². The van der Waals surface area contributed by atoms with Crippen LogP contribution in [0.4, 0.5) is 13.2 Å². The Balaban J connectivity index is 1.95. The minimum atomic E-state index is -4.14. The molecular formula is C12H22F3N3O. The van der Waals surface area contributed by atoms with E-state index in [0.29, 0.717) is 19.1 Å². The van der Waals surface area contributed by atoms with Crippen molar-refractivity contribution in [3.8, 4) is 0 Å². The van der Waals surface area contributed by atoms with E-state index in [0.717, 1.165) is 18.9 Å². The molecule has 0 saturated heterocycles. The molecule has 1 aliphatic carbocycles. The molecule has 1 rings (SSSR count). The highest BCUT2D eigenvalue weighted by Crippen LogP contribution is 2.28. The molecule has 0 aromatic carbocycles. The molecule has 0 aromatic heterocycles. The molecule has 0 radical (unpaired) electrons. The summed E-state index contributed by atoms with van der Waals surface area (Å²) in [6, 6.07) is 0. The molecule has 0 bridgehead atoms. The number of halogens is 3. The lowest BCUT2D eigenvalue weighted by Gasteiger charge is -2.12. The summed E-state index contributed by atoms with van der Waals surface area (Å²) in [4.78, 5) is 3.85. The van der Waals surface area contributed by atoms with Crippen molar-refractivity contribution in [3.63, 3.8) is 0 Å². The van der Waals surface area contributed by atoms with Gasteiger partial charge in [0.25, 0.3) is 0 Å². The lowest BCUT2D eigenvalue weighted by atomic mass is 10.4. The maximum Gasteiger partial charge on any atom is 0.390 e. The Morgan fingerprint density at radius 2 is 1.95 bits per heavy atom. The van der Waals surface area contributed by atoms with Crippen LogP contribution < -0.4 is 10.6 Å². The third-order valence-corrected chi connectivity index (χ3v) is 2.73. The van der Waals surface area contributed by atoms with Gasteiger partial charge in [0.2, 0.25) is 0 Å². The normalized spacial score (nSPS) is 16.5. The van der Waals surface area contributed by atoms with Gasteiger partial charge in [0.1, 0.15) is 0 Å². The molecule has 0 atom stereocenters. The summed E-state index contributed by atoms with van der Waals surface area (Å²) in [5.74, 6) is 1.15. The van der Waals surface area contributed by atoms with E-state index in [1.54, 1.807) is 0 Å². The molecule has 19 heavy (non-hydrogen) atoms. The number of nitrogens with one attached hydrogen (secondary N) is 2. The summed E-state index contributed by atoms with van der Waals surface area (Å²) in [6.07, 6.45) is -1.64. The Kier molecular flexibility index (Phi) is 6.97. The smallest absolute Gasteiger partial charge is 0.381 e. The molecule has 0 aliphatic heterocycles. The second-order valence-electron chi connectivity index (χ2n) is 4.66. The van der Waals surface area contributed by atoms with Gasteiger partial charge < -0.3 is 15.4 Å². The molecule has 0 unspecified atom stereocenters. The Morgan fingerprint density at radius 1 is 1.26 bits per heavy atom. The zero-order valence-corrected chi connectivity index (χ0v) is 11.2. The third-order valence-electron chi connectivity index (χ3n) is 2.73. The van der Waals surface area contributed by atoms with Crippen molar-refractivity contribution in [1.82, 2.24) is 10.6 Å². The number of ether oxygens (including phenoxy) is 1. The molecule has 7 heteroatoms. The van der Waals surface area contributed by atoms with Crippen LogP contribution in [0.3, 0.4) is 0 Å². The second kappa shape index (κ2) is 8.24. The lowest BCUT2D eigenvalue weighted by Crippen LogP contribution is -2.39. The first kappa shape index (κ1) is 16.1. The van der Waals surface area contributed by atoms with E-state index in [4.69, 9.17) is 4.74 Å². The van der Waals surface area contributed by atoms with Crippen LogP contribution in [0.1, 0.15) is 25.7 Å². The van der Waals surface area contributed by atoms with Crippen molar-refractivity contribution in [1.29, 1.82) is 0 Å². The van der Waals surface area contributed by atoms with Gasteiger partial charge in [0.05, 0.1) is 6.42 Å². The van der Waals surface area contributed by atoms with E-state index in [1.165, 1.54) is 19.9 Å². The number of aliphatic imine (C=N–C) groups is 1. The second-order valence-corrected chi connectivity index (χ2v) is 4.66. The highest BCUT2D eigenvalue weighted by molar-refractivity contribution is 5.79. The zero-order valence-electron chi connectivity index (χ0n) is 11.2. The zero-order chi connectivity index (χ0) is 14.1. The molecule has 4 nitrogen and oxygen atoms in total. The van der Waals surface area contributed by atoms with Gasteiger partial charge in [-0.15, -0.1) is 0 Å². The standard InChI is InChI=1S/C12H22F3N3O/c1-16-11(18-7-5-12(13,14)15)17-6-2-8-19-9-10-3-4-10/h10H,2-9H2,1H3,(H2,16,17,18). The minimum absolute atomic E-state index is 0.165. The summed E-state index contributed by atoms with van der Waals surface area (Å²) < 4.78 is 41.3. The van der Waals surface area contributed by atoms with Crippen LogP contribution in [0.25, 0.3) is 0 Å². The van der Waals surface area contributed by atoms with E-state index >= 15 is 0 Å². The van der Waals surface area contributed by atoms with Crippen LogP contribution in [0.5, 0.6) is 0 Å². The summed E-state index contributed by atoms with van der Waals surface area (Å²) in [7, 11) is 1.53. The quantitative estimate of drug-likeness (QED) is 0.406. The number of nitrogens with zero attached hydrogens (tertiary/aromatic N) is 1. The van der Waals surface area contributed by atoms with E-state index < -0.39 is 12.6 Å². The highest BCUT2D eigenvalue weighted by Gasteiger charge is 2.26. The first-order valence-electron chi connectivity index (χ1n) is 6.60. The molecule has 0 heterocycles. The van der Waals surface area contributed by atoms with Crippen molar-refractivity contribution in [2.24, 2.45) is 10.9 Å². The largest absolute Gasteiger partial charge is 0.390 e. The number of hydrogen-bond donors (Lipinski definition) is 2. The predicted octanol–water partition coefficient (Wildman–Crippen LogP) is 1.92. The lowest BCUT2D eigenvalue weighted by molar-refractivity contribution is -0.132. The van der Waals surface area contributed by atoms with E-state index in [-0.39, 0.29) is 6.54 Å². The summed E-state index contributed by atoms with van der Waals surface area (Å²) in [5.41, 5.74) is 0. The van der Waals surface area contributed by atoms with Crippen molar-refractivity contribution in [2.75, 3.05) is 33.4 Å². The molecule has 112 valence electrons. The Hall–Kier alpha value is -0.980. The van der Waals surface area contributed by atoms with Crippen molar-refractivity contribution < 1.29 is 17.9 Å². The van der Waals surface area contributed by atoms with Crippen LogP contribution in [0.15, 0.2) is 4.99 Å². The summed E-state index contributed by atoms with van der Waals surface area (Å²) in [5, 5.41) is 5.57. The van der Waals surface area contributed by atoms with Gasteiger partial charge in [-0.05, 0) is 25.2 Å². The fourth-order valence-corrected chi connectivity index (χ4v) is 1.46. The molecule has 1 aliphatic rings. The SMILES string of the molecule is CN=C(NCCCOCC1CC1)NCCC(F)(F)F. The average molecular weight is 281 g/mol. The van der Waals surface area contributed by atoms with Gasteiger partial charge in [-0.1, -0.05) is 0 Å².